The van der Waals surface area contributed by atoms with E-state index >= 15 is 0 Å². The lowest BCUT2D eigenvalue weighted by atomic mass is 10.2. The van der Waals surface area contributed by atoms with E-state index in [4.69, 9.17) is 4.74 Å². The summed E-state index contributed by atoms with van der Waals surface area (Å²) in [6.45, 7) is 7.83. The SMILES string of the molecule is C=CCOc1ccc(CNCC(=O)N(C)CC)cc1. The number of carbonyl (C=O) groups excluding carboxylic acids is 1. The van der Waals surface area contributed by atoms with Gasteiger partial charge in [0.05, 0.1) is 6.54 Å². The minimum atomic E-state index is 0.105. The van der Waals surface area contributed by atoms with E-state index in [9.17, 15) is 4.79 Å². The van der Waals surface area contributed by atoms with Gasteiger partial charge in [-0.3, -0.25) is 4.79 Å². The maximum absolute atomic E-state index is 11.6. The fraction of sp³-hybridized carbons (Fsp3) is 0.400. The summed E-state index contributed by atoms with van der Waals surface area (Å²) in [5.74, 6) is 0.930. The van der Waals surface area contributed by atoms with Crippen molar-refractivity contribution >= 4 is 5.91 Å². The van der Waals surface area contributed by atoms with Crippen LogP contribution in [0.15, 0.2) is 36.9 Å². The molecule has 0 saturated carbocycles. The second-order valence-corrected chi connectivity index (χ2v) is 4.26. The molecule has 0 saturated heterocycles. The molecule has 1 amide bonds. The van der Waals surface area contributed by atoms with Crippen LogP contribution in [-0.4, -0.2) is 37.6 Å². The summed E-state index contributed by atoms with van der Waals surface area (Å²) >= 11 is 0. The van der Waals surface area contributed by atoms with E-state index in [-0.39, 0.29) is 5.91 Å². The molecule has 0 spiro atoms. The Balaban J connectivity index is 2.33. The Kier molecular flexibility index (Phi) is 6.68. The Morgan fingerprint density at radius 1 is 1.42 bits per heavy atom. The van der Waals surface area contributed by atoms with Gasteiger partial charge >= 0.3 is 0 Å². The second kappa shape index (κ2) is 8.32. The highest BCUT2D eigenvalue weighted by atomic mass is 16.5. The number of ether oxygens (including phenoxy) is 1. The number of carbonyl (C=O) groups is 1. The van der Waals surface area contributed by atoms with Crippen molar-refractivity contribution in [3.05, 3.63) is 42.5 Å². The lowest BCUT2D eigenvalue weighted by Crippen LogP contribution is -2.35. The van der Waals surface area contributed by atoms with E-state index in [2.05, 4.69) is 11.9 Å². The van der Waals surface area contributed by atoms with Crippen LogP contribution in [-0.2, 0) is 11.3 Å². The van der Waals surface area contributed by atoms with Gasteiger partial charge in [-0.25, -0.2) is 0 Å². The number of benzene rings is 1. The summed E-state index contributed by atoms with van der Waals surface area (Å²) in [7, 11) is 1.80. The smallest absolute Gasteiger partial charge is 0.236 e. The molecule has 0 atom stereocenters. The van der Waals surface area contributed by atoms with Crippen LogP contribution >= 0.6 is 0 Å². The first-order valence-corrected chi connectivity index (χ1v) is 6.44. The molecule has 104 valence electrons. The van der Waals surface area contributed by atoms with Crippen molar-refractivity contribution in [1.82, 2.24) is 10.2 Å². The van der Waals surface area contributed by atoms with Crippen LogP contribution in [0.5, 0.6) is 5.75 Å². The molecule has 0 aromatic heterocycles. The van der Waals surface area contributed by atoms with Crippen molar-refractivity contribution in [2.75, 3.05) is 26.7 Å². The molecular formula is C15H22N2O2. The molecule has 1 N–H and O–H groups in total. The van der Waals surface area contributed by atoms with Crippen LogP contribution < -0.4 is 10.1 Å². The molecule has 0 aliphatic carbocycles. The number of nitrogens with one attached hydrogen (secondary N) is 1. The van der Waals surface area contributed by atoms with E-state index in [1.165, 1.54) is 0 Å². The molecule has 4 heteroatoms. The molecule has 0 aliphatic heterocycles. The summed E-state index contributed by atoms with van der Waals surface area (Å²) in [6, 6.07) is 7.81. The van der Waals surface area contributed by atoms with Gasteiger partial charge in [-0.15, -0.1) is 0 Å². The molecule has 0 unspecified atom stereocenters. The first kappa shape index (κ1) is 15.2. The third-order valence-corrected chi connectivity index (χ3v) is 2.80. The molecule has 0 radical (unpaired) electrons. The third-order valence-electron chi connectivity index (χ3n) is 2.80. The van der Waals surface area contributed by atoms with Crippen molar-refractivity contribution in [1.29, 1.82) is 0 Å². The van der Waals surface area contributed by atoms with Gasteiger partial charge in [-0.1, -0.05) is 24.8 Å². The van der Waals surface area contributed by atoms with Gasteiger partial charge in [0, 0.05) is 20.1 Å². The molecular weight excluding hydrogens is 240 g/mol. The Labute approximate surface area is 115 Å². The summed E-state index contributed by atoms with van der Waals surface area (Å²) in [5.41, 5.74) is 1.12. The topological polar surface area (TPSA) is 41.6 Å². The quantitative estimate of drug-likeness (QED) is 0.727. The Hall–Kier alpha value is -1.81. The highest BCUT2D eigenvalue weighted by molar-refractivity contribution is 5.77. The number of likely N-dealkylation sites (N-methyl/N-ethyl adjacent to an activating group) is 1. The van der Waals surface area contributed by atoms with Gasteiger partial charge in [0.15, 0.2) is 0 Å². The summed E-state index contributed by atoms with van der Waals surface area (Å²) in [4.78, 5) is 13.3. The van der Waals surface area contributed by atoms with Gasteiger partial charge in [0.25, 0.3) is 0 Å². The molecule has 19 heavy (non-hydrogen) atoms. The first-order chi connectivity index (χ1) is 9.17. The maximum Gasteiger partial charge on any atom is 0.236 e. The highest BCUT2D eigenvalue weighted by Crippen LogP contribution is 2.11. The molecule has 4 nitrogen and oxygen atoms in total. The molecule has 1 aromatic carbocycles. The molecule has 0 aliphatic rings. The number of amides is 1. The fourth-order valence-corrected chi connectivity index (χ4v) is 1.48. The average molecular weight is 262 g/mol. The second-order valence-electron chi connectivity index (χ2n) is 4.26. The minimum Gasteiger partial charge on any atom is -0.490 e. The van der Waals surface area contributed by atoms with Crippen molar-refractivity contribution < 1.29 is 9.53 Å². The first-order valence-electron chi connectivity index (χ1n) is 6.44. The van der Waals surface area contributed by atoms with Gasteiger partial charge in [0.1, 0.15) is 12.4 Å². The van der Waals surface area contributed by atoms with Crippen LogP contribution in [0, 0.1) is 0 Å². The fourth-order valence-electron chi connectivity index (χ4n) is 1.48. The van der Waals surface area contributed by atoms with Gasteiger partial charge in [-0.05, 0) is 24.6 Å². The number of hydrogen-bond acceptors (Lipinski definition) is 3. The minimum absolute atomic E-state index is 0.105. The monoisotopic (exact) mass is 262 g/mol. The van der Waals surface area contributed by atoms with Crippen LogP contribution in [0.2, 0.25) is 0 Å². The zero-order valence-corrected chi connectivity index (χ0v) is 11.7. The average Bonchev–Trinajstić information content (AvgIpc) is 2.45. The molecule has 0 heterocycles. The van der Waals surface area contributed by atoms with E-state index in [0.717, 1.165) is 17.9 Å². The van der Waals surface area contributed by atoms with Crippen LogP contribution in [0.1, 0.15) is 12.5 Å². The largest absolute Gasteiger partial charge is 0.490 e. The normalized spacial score (nSPS) is 10.0. The lowest BCUT2D eigenvalue weighted by molar-refractivity contribution is -0.128. The lowest BCUT2D eigenvalue weighted by Gasteiger charge is -2.14. The molecule has 1 aromatic rings. The van der Waals surface area contributed by atoms with E-state index < -0.39 is 0 Å². The Morgan fingerprint density at radius 2 is 2.11 bits per heavy atom. The molecule has 0 fully saturated rings. The van der Waals surface area contributed by atoms with Crippen molar-refractivity contribution in [3.8, 4) is 5.75 Å². The number of rotatable bonds is 8. The number of nitrogens with zero attached hydrogens (tertiary/aromatic N) is 1. The van der Waals surface area contributed by atoms with Crippen molar-refractivity contribution in [2.24, 2.45) is 0 Å². The zero-order valence-electron chi connectivity index (χ0n) is 11.7. The Morgan fingerprint density at radius 3 is 2.68 bits per heavy atom. The van der Waals surface area contributed by atoms with Gasteiger partial charge in [-0.2, -0.15) is 0 Å². The maximum atomic E-state index is 11.6. The highest BCUT2D eigenvalue weighted by Gasteiger charge is 2.05. The van der Waals surface area contributed by atoms with E-state index in [0.29, 0.717) is 19.7 Å². The summed E-state index contributed by atoms with van der Waals surface area (Å²) < 4.78 is 5.40. The summed E-state index contributed by atoms with van der Waals surface area (Å²) in [6.07, 6.45) is 1.71. The van der Waals surface area contributed by atoms with Crippen LogP contribution in [0.3, 0.4) is 0 Å². The predicted molar refractivity (Wildman–Crippen MR) is 77.2 cm³/mol. The molecule has 0 bridgehead atoms. The Bertz CT molecular complexity index is 401. The standard InChI is InChI=1S/C15H22N2O2/c1-4-10-19-14-8-6-13(7-9-14)11-16-12-15(18)17(3)5-2/h4,6-9,16H,1,5,10-12H2,2-3H3. The predicted octanol–water partition coefficient (Wildman–Crippen LogP) is 1.82. The van der Waals surface area contributed by atoms with E-state index in [1.54, 1.807) is 18.0 Å². The van der Waals surface area contributed by atoms with Crippen molar-refractivity contribution in [2.45, 2.75) is 13.5 Å². The van der Waals surface area contributed by atoms with Crippen LogP contribution in [0.25, 0.3) is 0 Å². The summed E-state index contributed by atoms with van der Waals surface area (Å²) in [5, 5.41) is 3.13. The van der Waals surface area contributed by atoms with Crippen molar-refractivity contribution in [3.63, 3.8) is 0 Å². The molecule has 1 rings (SSSR count). The van der Waals surface area contributed by atoms with E-state index in [1.807, 2.05) is 31.2 Å². The van der Waals surface area contributed by atoms with Gasteiger partial charge < -0.3 is 15.0 Å². The number of hydrogen-bond donors (Lipinski definition) is 1. The van der Waals surface area contributed by atoms with Crippen LogP contribution in [0.4, 0.5) is 0 Å². The zero-order chi connectivity index (χ0) is 14.1. The third kappa shape index (κ3) is 5.57. The van der Waals surface area contributed by atoms with Gasteiger partial charge in [0.2, 0.25) is 5.91 Å².